The number of carbonyl (C=O) groups is 3. The van der Waals surface area contributed by atoms with Gasteiger partial charge in [-0.25, -0.2) is 4.57 Å². The highest BCUT2D eigenvalue weighted by atomic mass is 31.2. The molecule has 14 heteroatoms. The van der Waals surface area contributed by atoms with E-state index in [0.717, 1.165) is 57.3 Å². The maximum atomic E-state index is 12.7. The molecule has 0 aromatic rings. The lowest BCUT2D eigenvalue weighted by Crippen LogP contribution is -2.29. The van der Waals surface area contributed by atoms with Crippen molar-refractivity contribution in [1.29, 1.82) is 0 Å². The SMILES string of the molecule is CCCCC[C@H](O)/C=C/[C@H]1C(=O)C[C@H](O)[C@@H]1CCCCCCC(=O)OC[C@H](COP(=O)(O)OC[C@@H](O)CO)OC(=O)CCCCCCCCCCCCCCCCC(C)C. The molecule has 0 bridgehead atoms. The second-order valence-corrected chi connectivity index (χ2v) is 18.9. The standard InChI is InChI=1S/C46H85O13P/c1-4-5-20-26-38(48)30-31-42-41(43(50)32-44(42)51)27-22-18-19-23-28-45(52)56-35-40(36-58-60(54,55)57-34-39(49)33-47)59-46(53)29-24-17-15-13-11-9-7-6-8-10-12-14-16-21-25-37(2)3/h30-31,37-43,47-50H,4-29,32-36H2,1-3H3,(H,54,55)/b31-30+/t38-,39-,40+,41+,42+,43-/m0/s1. The fourth-order valence-electron chi connectivity index (χ4n) is 7.55. The van der Waals surface area contributed by atoms with Crippen LogP contribution in [0.4, 0.5) is 0 Å². The third-order valence-corrected chi connectivity index (χ3v) is 12.2. The number of rotatable bonds is 40. The van der Waals surface area contributed by atoms with Gasteiger partial charge in [0.05, 0.1) is 32.0 Å². The molecule has 0 radical (unpaired) electrons. The number of hydrogen-bond donors (Lipinski definition) is 5. The molecule has 1 fully saturated rings. The molecule has 1 aliphatic carbocycles. The Morgan fingerprint density at radius 1 is 0.733 bits per heavy atom. The maximum absolute atomic E-state index is 12.7. The monoisotopic (exact) mass is 877 g/mol. The average Bonchev–Trinajstić information content (AvgIpc) is 3.48. The molecule has 0 heterocycles. The quantitative estimate of drug-likeness (QED) is 0.0169. The Bertz CT molecular complexity index is 1180. The van der Waals surface area contributed by atoms with Crippen LogP contribution in [-0.2, 0) is 37.5 Å². The molecule has 1 saturated carbocycles. The van der Waals surface area contributed by atoms with Crippen LogP contribution < -0.4 is 0 Å². The predicted octanol–water partition coefficient (Wildman–Crippen LogP) is 9.23. The summed E-state index contributed by atoms with van der Waals surface area (Å²) in [6, 6.07) is 0. The van der Waals surface area contributed by atoms with Crippen molar-refractivity contribution in [3.63, 3.8) is 0 Å². The summed E-state index contributed by atoms with van der Waals surface area (Å²) in [5.41, 5.74) is 0. The van der Waals surface area contributed by atoms with E-state index in [1.54, 1.807) is 12.2 Å². The number of hydrogen-bond acceptors (Lipinski definition) is 12. The molecule has 60 heavy (non-hydrogen) atoms. The molecule has 13 nitrogen and oxygen atoms in total. The minimum absolute atomic E-state index is 0.00784. The zero-order valence-corrected chi connectivity index (χ0v) is 38.5. The van der Waals surface area contributed by atoms with Gasteiger partial charge in [-0.05, 0) is 37.5 Å². The van der Waals surface area contributed by atoms with Gasteiger partial charge < -0.3 is 34.8 Å². The summed E-state index contributed by atoms with van der Waals surface area (Å²) in [5, 5.41) is 39.2. The van der Waals surface area contributed by atoms with Gasteiger partial charge >= 0.3 is 19.8 Å². The zero-order valence-electron chi connectivity index (χ0n) is 37.6. The summed E-state index contributed by atoms with van der Waals surface area (Å²) in [7, 11) is -4.68. The lowest BCUT2D eigenvalue weighted by Gasteiger charge is -2.20. The summed E-state index contributed by atoms with van der Waals surface area (Å²) < 4.78 is 32.8. The van der Waals surface area contributed by atoms with Crippen LogP contribution in [0.25, 0.3) is 0 Å². The molecule has 0 saturated heterocycles. The van der Waals surface area contributed by atoms with Crippen LogP contribution in [0.2, 0.25) is 0 Å². The largest absolute Gasteiger partial charge is 0.472 e. The third kappa shape index (κ3) is 30.4. The first-order valence-corrected chi connectivity index (χ1v) is 25.1. The molecule has 7 atom stereocenters. The molecular weight excluding hydrogens is 791 g/mol. The van der Waals surface area contributed by atoms with E-state index in [-0.39, 0.29) is 31.0 Å². The van der Waals surface area contributed by atoms with Gasteiger partial charge in [0, 0.05) is 25.2 Å². The number of allylic oxidation sites excluding steroid dienone is 1. The second kappa shape index (κ2) is 35.7. The van der Waals surface area contributed by atoms with Crippen LogP contribution in [0.15, 0.2) is 12.2 Å². The Kier molecular flexibility index (Phi) is 33.5. The number of esters is 2. The number of phosphoric ester groups is 1. The van der Waals surface area contributed by atoms with E-state index in [1.807, 2.05) is 0 Å². The van der Waals surface area contributed by atoms with Gasteiger partial charge in [-0.15, -0.1) is 0 Å². The van der Waals surface area contributed by atoms with E-state index in [0.29, 0.717) is 32.1 Å². The van der Waals surface area contributed by atoms with Crippen molar-refractivity contribution >= 4 is 25.5 Å². The molecule has 1 aliphatic rings. The zero-order chi connectivity index (χ0) is 44.4. The predicted molar refractivity (Wildman–Crippen MR) is 234 cm³/mol. The van der Waals surface area contributed by atoms with Crippen molar-refractivity contribution in [3.05, 3.63) is 12.2 Å². The molecule has 1 unspecified atom stereocenters. The van der Waals surface area contributed by atoms with Crippen LogP contribution in [0.3, 0.4) is 0 Å². The van der Waals surface area contributed by atoms with E-state index in [9.17, 15) is 39.2 Å². The van der Waals surface area contributed by atoms with Gasteiger partial charge in [0.25, 0.3) is 0 Å². The van der Waals surface area contributed by atoms with Crippen molar-refractivity contribution in [1.82, 2.24) is 0 Å². The number of unbranched alkanes of at least 4 members (excludes halogenated alkanes) is 18. The highest BCUT2D eigenvalue weighted by Crippen LogP contribution is 2.43. The highest BCUT2D eigenvalue weighted by molar-refractivity contribution is 7.47. The Morgan fingerprint density at radius 3 is 1.82 bits per heavy atom. The molecule has 0 spiro atoms. The minimum atomic E-state index is -4.68. The van der Waals surface area contributed by atoms with Crippen LogP contribution in [0.5, 0.6) is 0 Å². The normalized spacial score (nSPS) is 19.5. The number of carbonyl (C=O) groups excluding carboxylic acids is 3. The topological polar surface area (TPSA) is 206 Å². The number of ketones is 1. The first kappa shape index (κ1) is 56.3. The first-order valence-electron chi connectivity index (χ1n) is 23.6. The van der Waals surface area contributed by atoms with E-state index in [1.165, 1.54) is 70.6 Å². The number of Topliss-reactive ketones (excluding diaryl/α,β-unsaturated/α-hetero) is 1. The smallest absolute Gasteiger partial charge is 0.462 e. The van der Waals surface area contributed by atoms with Crippen molar-refractivity contribution in [2.24, 2.45) is 17.8 Å². The Morgan fingerprint density at radius 2 is 1.25 bits per heavy atom. The molecule has 0 aromatic carbocycles. The highest BCUT2D eigenvalue weighted by Gasteiger charge is 2.39. The van der Waals surface area contributed by atoms with Crippen LogP contribution >= 0.6 is 7.82 Å². The molecule has 0 aromatic heterocycles. The Balaban J connectivity index is 2.39. The third-order valence-electron chi connectivity index (χ3n) is 11.3. The molecule has 5 N–H and O–H groups in total. The molecule has 0 amide bonds. The van der Waals surface area contributed by atoms with E-state index >= 15 is 0 Å². The minimum Gasteiger partial charge on any atom is -0.462 e. The van der Waals surface area contributed by atoms with Crippen LogP contribution in [0, 0.1) is 17.8 Å². The van der Waals surface area contributed by atoms with Crippen LogP contribution in [-0.4, -0.2) is 93.9 Å². The number of phosphoric acid groups is 1. The summed E-state index contributed by atoms with van der Waals surface area (Å²) in [6.45, 7) is 4.36. The first-order chi connectivity index (χ1) is 28.8. The Hall–Kier alpha value is -1.70. The van der Waals surface area contributed by atoms with E-state index in [4.69, 9.17) is 19.1 Å². The summed E-state index contributed by atoms with van der Waals surface area (Å²) in [4.78, 5) is 47.8. The fraction of sp³-hybridized carbons (Fsp3) is 0.891. The van der Waals surface area contributed by atoms with E-state index < -0.39 is 76.5 Å². The molecular formula is C46H85O13P. The van der Waals surface area contributed by atoms with Crippen molar-refractivity contribution < 1.29 is 62.8 Å². The van der Waals surface area contributed by atoms with Gasteiger partial charge in [0.2, 0.25) is 0 Å². The van der Waals surface area contributed by atoms with Gasteiger partial charge in [0.1, 0.15) is 18.5 Å². The summed E-state index contributed by atoms with van der Waals surface area (Å²) >= 11 is 0. The van der Waals surface area contributed by atoms with Crippen molar-refractivity contribution in [2.45, 2.75) is 219 Å². The fourth-order valence-corrected chi connectivity index (χ4v) is 8.34. The van der Waals surface area contributed by atoms with E-state index in [2.05, 4.69) is 25.3 Å². The van der Waals surface area contributed by atoms with Gasteiger partial charge in [-0.2, -0.15) is 0 Å². The second-order valence-electron chi connectivity index (χ2n) is 17.4. The summed E-state index contributed by atoms with van der Waals surface area (Å²) in [6.07, 6.45) is 25.1. The van der Waals surface area contributed by atoms with Gasteiger partial charge in [0.15, 0.2) is 6.10 Å². The van der Waals surface area contributed by atoms with Crippen molar-refractivity contribution in [2.75, 3.05) is 26.4 Å². The number of ether oxygens (including phenoxy) is 2. The lowest BCUT2D eigenvalue weighted by atomic mass is 9.88. The molecule has 1 rings (SSSR count). The summed E-state index contributed by atoms with van der Waals surface area (Å²) in [5.74, 6) is -0.875. The van der Waals surface area contributed by atoms with Crippen LogP contribution in [0.1, 0.15) is 194 Å². The van der Waals surface area contributed by atoms with Gasteiger partial charge in [-0.1, -0.05) is 161 Å². The number of aliphatic hydroxyl groups is 4. The number of aliphatic hydroxyl groups excluding tert-OH is 4. The molecule has 352 valence electrons. The van der Waals surface area contributed by atoms with Crippen molar-refractivity contribution in [3.8, 4) is 0 Å². The van der Waals surface area contributed by atoms with Gasteiger partial charge in [-0.3, -0.25) is 23.4 Å². The average molecular weight is 877 g/mol. The Labute approximate surface area is 362 Å². The maximum Gasteiger partial charge on any atom is 0.472 e. The molecule has 0 aliphatic heterocycles. The lowest BCUT2D eigenvalue weighted by molar-refractivity contribution is -0.161.